The number of carbonyl (C=O) groups excluding carboxylic acids is 1. The Morgan fingerprint density at radius 3 is 2.53 bits per heavy atom. The van der Waals surface area contributed by atoms with Crippen LogP contribution in [-0.2, 0) is 0 Å². The summed E-state index contributed by atoms with van der Waals surface area (Å²) >= 11 is 0. The van der Waals surface area contributed by atoms with E-state index in [0.29, 0.717) is 6.42 Å². The Kier molecular flexibility index (Phi) is 5.32. The molecule has 1 rings (SSSR count). The number of Topliss-reactive ketones (excluding diaryl/α,β-unsaturated/α-hetero) is 1. The van der Waals surface area contributed by atoms with E-state index >= 15 is 0 Å². The number of hydrogen-bond donors (Lipinski definition) is 0. The summed E-state index contributed by atoms with van der Waals surface area (Å²) in [7, 11) is 0. The van der Waals surface area contributed by atoms with Gasteiger partial charge in [-0.2, -0.15) is 13.2 Å². The Bertz CT molecular complexity index is 441. The van der Waals surface area contributed by atoms with Gasteiger partial charge in [-0.25, -0.2) is 4.39 Å². The molecular formula is C13H14F4O2. The fourth-order valence-electron chi connectivity index (χ4n) is 1.49. The van der Waals surface area contributed by atoms with E-state index in [9.17, 15) is 22.4 Å². The van der Waals surface area contributed by atoms with Crippen LogP contribution in [0.1, 0.15) is 36.5 Å². The van der Waals surface area contributed by atoms with Crippen LogP contribution in [0.3, 0.4) is 0 Å². The normalized spacial score (nSPS) is 11.4. The lowest BCUT2D eigenvalue weighted by Gasteiger charge is -2.12. The number of alkyl halides is 3. The highest BCUT2D eigenvalue weighted by molar-refractivity contribution is 6.02. The molecule has 0 aliphatic rings. The van der Waals surface area contributed by atoms with E-state index in [1.807, 2.05) is 6.92 Å². The average molecular weight is 278 g/mol. The molecule has 0 aliphatic heterocycles. The van der Waals surface area contributed by atoms with Crippen LogP contribution in [0, 0.1) is 5.82 Å². The largest absolute Gasteiger partial charge is 0.493 e. The number of ether oxygens (including phenoxy) is 1. The molecule has 0 amide bonds. The molecule has 0 radical (unpaired) electrons. The van der Waals surface area contributed by atoms with Gasteiger partial charge < -0.3 is 4.74 Å². The van der Waals surface area contributed by atoms with Gasteiger partial charge in [0, 0.05) is 6.07 Å². The topological polar surface area (TPSA) is 26.3 Å². The summed E-state index contributed by atoms with van der Waals surface area (Å²) < 4.78 is 55.2. The monoisotopic (exact) mass is 278 g/mol. The third kappa shape index (κ3) is 4.54. The van der Waals surface area contributed by atoms with Crippen LogP contribution in [-0.4, -0.2) is 18.6 Å². The Morgan fingerprint density at radius 2 is 1.95 bits per heavy atom. The molecule has 1 aromatic carbocycles. The van der Waals surface area contributed by atoms with Crippen molar-refractivity contribution in [2.75, 3.05) is 6.61 Å². The van der Waals surface area contributed by atoms with Crippen LogP contribution in [0.5, 0.6) is 5.75 Å². The number of hydrogen-bond acceptors (Lipinski definition) is 2. The Balaban J connectivity index is 2.89. The number of benzene rings is 1. The highest BCUT2D eigenvalue weighted by atomic mass is 19.4. The van der Waals surface area contributed by atoms with E-state index in [2.05, 4.69) is 0 Å². The van der Waals surface area contributed by atoms with E-state index in [1.165, 1.54) is 0 Å². The molecule has 0 N–H and O–H groups in total. The highest BCUT2D eigenvalue weighted by Gasteiger charge is 2.40. The van der Waals surface area contributed by atoms with E-state index in [-0.39, 0.29) is 12.4 Å². The third-order valence-electron chi connectivity index (χ3n) is 2.45. The minimum atomic E-state index is -5.00. The lowest BCUT2D eigenvalue weighted by atomic mass is 10.1. The van der Waals surface area contributed by atoms with Gasteiger partial charge in [-0.3, -0.25) is 4.79 Å². The van der Waals surface area contributed by atoms with Crippen LogP contribution in [0.4, 0.5) is 17.6 Å². The van der Waals surface area contributed by atoms with Crippen molar-refractivity contribution in [3.8, 4) is 5.75 Å². The molecule has 2 nitrogen and oxygen atoms in total. The average Bonchev–Trinajstić information content (AvgIpc) is 2.33. The fourth-order valence-corrected chi connectivity index (χ4v) is 1.49. The van der Waals surface area contributed by atoms with Crippen molar-refractivity contribution >= 4 is 5.78 Å². The molecule has 19 heavy (non-hydrogen) atoms. The standard InChI is InChI=1S/C13H14F4O2/c1-2-3-4-7-19-11-8-9(14)5-6-10(11)12(18)13(15,16)17/h5-6,8H,2-4,7H2,1H3. The molecule has 0 heterocycles. The third-order valence-corrected chi connectivity index (χ3v) is 2.45. The Morgan fingerprint density at radius 1 is 1.26 bits per heavy atom. The first-order valence-corrected chi connectivity index (χ1v) is 5.90. The highest BCUT2D eigenvalue weighted by Crippen LogP contribution is 2.28. The zero-order valence-electron chi connectivity index (χ0n) is 10.4. The van der Waals surface area contributed by atoms with Crippen molar-refractivity contribution in [1.82, 2.24) is 0 Å². The lowest BCUT2D eigenvalue weighted by molar-refractivity contribution is -0.0886. The Hall–Kier alpha value is -1.59. The van der Waals surface area contributed by atoms with Gasteiger partial charge in [-0.15, -0.1) is 0 Å². The first-order valence-electron chi connectivity index (χ1n) is 5.90. The number of halogens is 4. The van der Waals surface area contributed by atoms with Gasteiger partial charge in [0.05, 0.1) is 12.2 Å². The molecule has 0 spiro atoms. The quantitative estimate of drug-likeness (QED) is 0.444. The molecule has 0 bridgehead atoms. The molecule has 106 valence electrons. The van der Waals surface area contributed by atoms with Crippen LogP contribution >= 0.6 is 0 Å². The summed E-state index contributed by atoms with van der Waals surface area (Å²) in [5.41, 5.74) is -0.662. The molecule has 0 atom stereocenters. The summed E-state index contributed by atoms with van der Waals surface area (Å²) in [5.74, 6) is -3.14. The molecular weight excluding hydrogens is 264 g/mol. The molecule has 1 aromatic rings. The van der Waals surface area contributed by atoms with Crippen molar-refractivity contribution in [3.05, 3.63) is 29.6 Å². The van der Waals surface area contributed by atoms with Gasteiger partial charge in [0.1, 0.15) is 11.6 Å². The molecule has 0 aromatic heterocycles. The fraction of sp³-hybridized carbons (Fsp3) is 0.462. The second-order valence-electron chi connectivity index (χ2n) is 4.02. The lowest BCUT2D eigenvalue weighted by Crippen LogP contribution is -2.23. The van der Waals surface area contributed by atoms with Gasteiger partial charge in [0.15, 0.2) is 0 Å². The van der Waals surface area contributed by atoms with Crippen LogP contribution < -0.4 is 4.74 Å². The van der Waals surface area contributed by atoms with Crippen molar-refractivity contribution in [1.29, 1.82) is 0 Å². The van der Waals surface area contributed by atoms with Gasteiger partial charge >= 0.3 is 6.18 Å². The number of rotatable bonds is 6. The first kappa shape index (κ1) is 15.5. The van der Waals surface area contributed by atoms with Crippen LogP contribution in [0.15, 0.2) is 18.2 Å². The number of ketones is 1. The summed E-state index contributed by atoms with van der Waals surface area (Å²) in [6.07, 6.45) is -2.61. The van der Waals surface area contributed by atoms with Gasteiger partial charge in [0.25, 0.3) is 5.78 Å². The van der Waals surface area contributed by atoms with Gasteiger partial charge in [-0.05, 0) is 18.6 Å². The zero-order valence-corrected chi connectivity index (χ0v) is 10.4. The van der Waals surface area contributed by atoms with E-state index in [4.69, 9.17) is 4.74 Å². The second kappa shape index (κ2) is 6.54. The smallest absolute Gasteiger partial charge is 0.455 e. The summed E-state index contributed by atoms with van der Waals surface area (Å²) in [4.78, 5) is 11.2. The van der Waals surface area contributed by atoms with Crippen molar-refractivity contribution in [2.45, 2.75) is 32.4 Å². The minimum absolute atomic E-state index is 0.148. The SMILES string of the molecule is CCCCCOc1cc(F)ccc1C(=O)C(F)(F)F. The maximum Gasteiger partial charge on any atom is 0.455 e. The molecule has 0 fully saturated rings. The van der Waals surface area contributed by atoms with Crippen molar-refractivity contribution in [2.24, 2.45) is 0 Å². The summed E-state index contributed by atoms with van der Waals surface area (Å²) in [6, 6.07) is 2.39. The van der Waals surface area contributed by atoms with Crippen molar-refractivity contribution < 1.29 is 27.1 Å². The molecule has 0 unspecified atom stereocenters. The molecule has 0 saturated carbocycles. The Labute approximate surface area is 108 Å². The van der Waals surface area contributed by atoms with Gasteiger partial charge in [-0.1, -0.05) is 19.8 Å². The van der Waals surface area contributed by atoms with Gasteiger partial charge in [0.2, 0.25) is 0 Å². The number of carbonyl (C=O) groups is 1. The predicted octanol–water partition coefficient (Wildman–Crippen LogP) is 4.14. The molecule has 6 heteroatoms. The summed E-state index contributed by atoms with van der Waals surface area (Å²) in [5, 5.41) is 0. The molecule has 0 aliphatic carbocycles. The minimum Gasteiger partial charge on any atom is -0.493 e. The maximum absolute atomic E-state index is 13.0. The van der Waals surface area contributed by atoms with E-state index in [1.54, 1.807) is 0 Å². The van der Waals surface area contributed by atoms with Crippen molar-refractivity contribution in [3.63, 3.8) is 0 Å². The second-order valence-corrected chi connectivity index (χ2v) is 4.02. The van der Waals surface area contributed by atoms with Crippen LogP contribution in [0.2, 0.25) is 0 Å². The molecule has 0 saturated heterocycles. The zero-order chi connectivity index (χ0) is 14.5. The maximum atomic E-state index is 13.0. The first-order chi connectivity index (χ1) is 8.86. The van der Waals surface area contributed by atoms with E-state index in [0.717, 1.165) is 31.0 Å². The summed E-state index contributed by atoms with van der Waals surface area (Å²) in [6.45, 7) is 2.11. The number of unbranched alkanes of at least 4 members (excludes halogenated alkanes) is 2. The van der Waals surface area contributed by atoms with E-state index < -0.39 is 23.3 Å². The predicted molar refractivity (Wildman–Crippen MR) is 61.8 cm³/mol. The van der Waals surface area contributed by atoms with Crippen LogP contribution in [0.25, 0.3) is 0 Å².